The van der Waals surface area contributed by atoms with Gasteiger partial charge in [-0.3, -0.25) is 9.69 Å². The smallest absolute Gasteiger partial charge is 0.240 e. The van der Waals surface area contributed by atoms with Gasteiger partial charge in [0.25, 0.3) is 0 Å². The molecule has 6 nitrogen and oxygen atoms in total. The summed E-state index contributed by atoms with van der Waals surface area (Å²) in [6.45, 7) is 10.8. The molecule has 0 aliphatic carbocycles. The van der Waals surface area contributed by atoms with E-state index in [9.17, 15) is 13.2 Å². The van der Waals surface area contributed by atoms with Crippen molar-refractivity contribution in [3.05, 3.63) is 29.3 Å². The molecule has 1 heterocycles. The van der Waals surface area contributed by atoms with Crippen LogP contribution >= 0.6 is 0 Å². The number of carbonyl (C=O) groups is 1. The van der Waals surface area contributed by atoms with Gasteiger partial charge < -0.3 is 5.32 Å². The van der Waals surface area contributed by atoms with Gasteiger partial charge >= 0.3 is 0 Å². The summed E-state index contributed by atoms with van der Waals surface area (Å²) < 4.78 is 27.4. The molecule has 0 unspecified atom stereocenters. The molecule has 2 rings (SSSR count). The number of nitrogens with one attached hydrogen (secondary N) is 2. The first-order valence-corrected chi connectivity index (χ1v) is 11.2. The Morgan fingerprint density at radius 1 is 1.15 bits per heavy atom. The molecular weight excluding hydrogens is 362 g/mol. The van der Waals surface area contributed by atoms with E-state index in [1.807, 2.05) is 13.0 Å². The van der Waals surface area contributed by atoms with E-state index in [0.29, 0.717) is 12.1 Å². The van der Waals surface area contributed by atoms with E-state index in [-0.39, 0.29) is 29.3 Å². The third kappa shape index (κ3) is 6.30. The van der Waals surface area contributed by atoms with Crippen LogP contribution in [0.3, 0.4) is 0 Å². The molecule has 0 radical (unpaired) electrons. The van der Waals surface area contributed by atoms with Crippen LogP contribution in [-0.4, -0.2) is 50.9 Å². The van der Waals surface area contributed by atoms with Crippen LogP contribution in [0.25, 0.3) is 0 Å². The Labute approximate surface area is 163 Å². The standard InChI is InChI=1S/C20H33N3O3S/c1-16-8-9-18(17(2)14-16)27(25,26)22-11-10-19(24)21-15-20(3,4)23-12-6-5-7-13-23/h8-9,14,22H,5-7,10-13,15H2,1-4H3,(H,21,24). The average Bonchev–Trinajstić information content (AvgIpc) is 2.60. The predicted molar refractivity (Wildman–Crippen MR) is 108 cm³/mol. The lowest BCUT2D eigenvalue weighted by Gasteiger charge is -2.41. The fraction of sp³-hybridized carbons (Fsp3) is 0.650. The highest BCUT2D eigenvalue weighted by Crippen LogP contribution is 2.20. The zero-order valence-electron chi connectivity index (χ0n) is 17.0. The Kier molecular flexibility index (Phi) is 7.42. The van der Waals surface area contributed by atoms with Crippen LogP contribution in [0.1, 0.15) is 50.7 Å². The molecule has 1 aliphatic rings. The first kappa shape index (κ1) is 21.9. The summed E-state index contributed by atoms with van der Waals surface area (Å²) in [5, 5.41) is 2.95. The summed E-state index contributed by atoms with van der Waals surface area (Å²) >= 11 is 0. The molecule has 0 saturated carbocycles. The van der Waals surface area contributed by atoms with Crippen molar-refractivity contribution < 1.29 is 13.2 Å². The van der Waals surface area contributed by atoms with Crippen LogP contribution in [-0.2, 0) is 14.8 Å². The molecule has 0 atom stereocenters. The van der Waals surface area contributed by atoms with Gasteiger partial charge in [0.05, 0.1) is 4.90 Å². The minimum absolute atomic E-state index is 0.0887. The lowest BCUT2D eigenvalue weighted by molar-refractivity contribution is -0.121. The number of likely N-dealkylation sites (tertiary alicyclic amines) is 1. The van der Waals surface area contributed by atoms with Crippen LogP contribution in [0.5, 0.6) is 0 Å². The van der Waals surface area contributed by atoms with Gasteiger partial charge in [0.2, 0.25) is 15.9 Å². The largest absolute Gasteiger partial charge is 0.354 e. The summed E-state index contributed by atoms with van der Waals surface area (Å²) in [6.07, 6.45) is 3.81. The quantitative estimate of drug-likeness (QED) is 0.708. The second kappa shape index (κ2) is 9.17. The average molecular weight is 396 g/mol. The second-order valence-electron chi connectivity index (χ2n) is 8.05. The van der Waals surface area contributed by atoms with Gasteiger partial charge in [-0.05, 0) is 65.3 Å². The topological polar surface area (TPSA) is 78.5 Å². The molecule has 1 aromatic carbocycles. The predicted octanol–water partition coefficient (Wildman–Crippen LogP) is 2.35. The maximum atomic E-state index is 12.4. The number of rotatable bonds is 8. The first-order valence-electron chi connectivity index (χ1n) is 9.70. The molecule has 1 aliphatic heterocycles. The van der Waals surface area contributed by atoms with Gasteiger partial charge in [-0.1, -0.05) is 24.1 Å². The maximum Gasteiger partial charge on any atom is 0.240 e. The Morgan fingerprint density at radius 2 is 1.81 bits per heavy atom. The number of piperidine rings is 1. The van der Waals surface area contributed by atoms with Gasteiger partial charge in [-0.2, -0.15) is 0 Å². The van der Waals surface area contributed by atoms with Crippen LogP contribution in [0, 0.1) is 13.8 Å². The van der Waals surface area contributed by atoms with E-state index in [2.05, 4.69) is 28.8 Å². The van der Waals surface area contributed by atoms with E-state index in [1.165, 1.54) is 19.3 Å². The SMILES string of the molecule is Cc1ccc(S(=O)(=O)NCCC(=O)NCC(C)(C)N2CCCCC2)c(C)c1. The zero-order valence-corrected chi connectivity index (χ0v) is 17.8. The number of carbonyl (C=O) groups excluding carboxylic acids is 1. The summed E-state index contributed by atoms with van der Waals surface area (Å²) in [6, 6.07) is 5.22. The second-order valence-corrected chi connectivity index (χ2v) is 9.79. The number of aryl methyl sites for hydroxylation is 2. The van der Waals surface area contributed by atoms with Crippen LogP contribution in [0.15, 0.2) is 23.1 Å². The number of hydrogen-bond donors (Lipinski definition) is 2. The number of benzene rings is 1. The van der Waals surface area contributed by atoms with Gasteiger partial charge in [-0.15, -0.1) is 0 Å². The van der Waals surface area contributed by atoms with Crippen molar-refractivity contribution >= 4 is 15.9 Å². The van der Waals surface area contributed by atoms with Gasteiger partial charge in [-0.25, -0.2) is 13.1 Å². The summed E-state index contributed by atoms with van der Waals surface area (Å²) in [5.74, 6) is -0.136. The van der Waals surface area contributed by atoms with Crippen molar-refractivity contribution in [3.63, 3.8) is 0 Å². The van der Waals surface area contributed by atoms with Crippen molar-refractivity contribution in [3.8, 4) is 0 Å². The normalized spacial score (nSPS) is 16.3. The molecule has 1 fully saturated rings. The monoisotopic (exact) mass is 395 g/mol. The van der Waals surface area contributed by atoms with Crippen molar-refractivity contribution in [2.24, 2.45) is 0 Å². The van der Waals surface area contributed by atoms with Crippen molar-refractivity contribution in [2.45, 2.75) is 63.8 Å². The minimum Gasteiger partial charge on any atom is -0.354 e. The molecule has 2 N–H and O–H groups in total. The van der Waals surface area contributed by atoms with Crippen molar-refractivity contribution in [2.75, 3.05) is 26.2 Å². The Balaban J connectivity index is 1.79. The summed E-state index contributed by atoms with van der Waals surface area (Å²) in [4.78, 5) is 14.8. The van der Waals surface area contributed by atoms with E-state index >= 15 is 0 Å². The van der Waals surface area contributed by atoms with Gasteiger partial charge in [0.1, 0.15) is 0 Å². The van der Waals surface area contributed by atoms with Crippen LogP contribution in [0.2, 0.25) is 0 Å². The molecular formula is C20H33N3O3S. The zero-order chi connectivity index (χ0) is 20.1. The van der Waals surface area contributed by atoms with E-state index < -0.39 is 10.0 Å². The fourth-order valence-corrected chi connectivity index (χ4v) is 4.75. The first-order chi connectivity index (χ1) is 12.6. The fourth-order valence-electron chi connectivity index (χ4n) is 3.49. The van der Waals surface area contributed by atoms with E-state index in [1.54, 1.807) is 19.1 Å². The lowest BCUT2D eigenvalue weighted by Crippen LogP contribution is -2.53. The lowest BCUT2D eigenvalue weighted by atomic mass is 9.98. The number of hydrogen-bond acceptors (Lipinski definition) is 4. The highest BCUT2D eigenvalue weighted by atomic mass is 32.2. The number of nitrogens with zero attached hydrogens (tertiary/aromatic N) is 1. The molecule has 1 amide bonds. The number of sulfonamides is 1. The molecule has 7 heteroatoms. The third-order valence-electron chi connectivity index (χ3n) is 5.19. The third-order valence-corrected chi connectivity index (χ3v) is 6.82. The highest BCUT2D eigenvalue weighted by Gasteiger charge is 2.28. The van der Waals surface area contributed by atoms with Gasteiger partial charge in [0, 0.05) is 25.0 Å². The Bertz CT molecular complexity index is 754. The molecule has 0 bridgehead atoms. The molecule has 1 saturated heterocycles. The van der Waals surface area contributed by atoms with Crippen LogP contribution < -0.4 is 10.0 Å². The van der Waals surface area contributed by atoms with Crippen molar-refractivity contribution in [1.29, 1.82) is 0 Å². The number of amides is 1. The Hall–Kier alpha value is -1.44. The van der Waals surface area contributed by atoms with Crippen LogP contribution in [0.4, 0.5) is 0 Å². The Morgan fingerprint density at radius 3 is 2.44 bits per heavy atom. The van der Waals surface area contributed by atoms with Crippen molar-refractivity contribution in [1.82, 2.24) is 14.9 Å². The molecule has 0 aromatic heterocycles. The summed E-state index contributed by atoms with van der Waals surface area (Å²) in [5.41, 5.74) is 1.63. The van der Waals surface area contributed by atoms with Gasteiger partial charge in [0.15, 0.2) is 0 Å². The highest BCUT2D eigenvalue weighted by molar-refractivity contribution is 7.89. The molecule has 152 valence electrons. The molecule has 1 aromatic rings. The minimum atomic E-state index is -3.60. The molecule has 0 spiro atoms. The summed E-state index contributed by atoms with van der Waals surface area (Å²) in [7, 11) is -3.60. The molecule has 27 heavy (non-hydrogen) atoms. The van der Waals surface area contributed by atoms with E-state index in [0.717, 1.165) is 18.7 Å². The van der Waals surface area contributed by atoms with E-state index in [4.69, 9.17) is 0 Å². The maximum absolute atomic E-state index is 12.4.